The van der Waals surface area contributed by atoms with Crippen LogP contribution in [0.5, 0.6) is 5.75 Å². The average Bonchev–Trinajstić information content (AvgIpc) is 3.06. The van der Waals surface area contributed by atoms with Crippen LogP contribution in [0.1, 0.15) is 24.2 Å². The molecule has 0 amide bonds. The van der Waals surface area contributed by atoms with E-state index in [4.69, 9.17) is 9.84 Å². The summed E-state index contributed by atoms with van der Waals surface area (Å²) in [6.07, 6.45) is 3.44. The molecule has 0 atom stereocenters. The van der Waals surface area contributed by atoms with Crippen LogP contribution in [-0.2, 0) is 23.6 Å². The molecule has 29 heavy (non-hydrogen) atoms. The highest BCUT2D eigenvalue weighted by Crippen LogP contribution is 2.21. The number of nitrogens with zero attached hydrogens (tertiary/aromatic N) is 3. The minimum atomic E-state index is -3.56. The van der Waals surface area contributed by atoms with E-state index in [2.05, 4.69) is 20.7 Å². The molecule has 9 heteroatoms. The van der Waals surface area contributed by atoms with Crippen LogP contribution in [0.25, 0.3) is 0 Å². The number of ether oxygens (including phenoxy) is 1. The number of hydrogen-bond donors (Lipinski definition) is 2. The molecule has 1 aromatic carbocycles. The zero-order valence-corrected chi connectivity index (χ0v) is 17.9. The molecule has 1 aliphatic heterocycles. The van der Waals surface area contributed by atoms with Crippen LogP contribution in [0.3, 0.4) is 0 Å². The van der Waals surface area contributed by atoms with Crippen LogP contribution in [0, 0.1) is 12.8 Å². The summed E-state index contributed by atoms with van der Waals surface area (Å²) in [4.78, 5) is 6.48. The molecule has 2 aromatic rings. The topological polar surface area (TPSA) is 96.7 Å². The number of likely N-dealkylation sites (tertiary alicyclic amines) is 1. The van der Waals surface area contributed by atoms with Crippen molar-refractivity contribution in [3.8, 4) is 5.75 Å². The lowest BCUT2D eigenvalue weighted by Gasteiger charge is -2.32. The fraction of sp³-hybridized carbons (Fsp3) is 0.550. The summed E-state index contributed by atoms with van der Waals surface area (Å²) < 4.78 is 34.8. The van der Waals surface area contributed by atoms with Crippen LogP contribution in [0.4, 0.5) is 0 Å². The first-order valence-corrected chi connectivity index (χ1v) is 11.4. The van der Waals surface area contributed by atoms with Crippen LogP contribution < -0.4 is 9.46 Å². The van der Waals surface area contributed by atoms with Gasteiger partial charge in [0.2, 0.25) is 0 Å². The Bertz CT molecular complexity index is 885. The van der Waals surface area contributed by atoms with E-state index in [1.165, 1.54) is 5.56 Å². The van der Waals surface area contributed by atoms with Gasteiger partial charge >= 0.3 is 0 Å². The molecule has 1 aromatic heterocycles. The van der Waals surface area contributed by atoms with E-state index in [0.717, 1.165) is 38.2 Å². The summed E-state index contributed by atoms with van der Waals surface area (Å²) in [5.41, 5.74) is 1.17. The number of aliphatic hydroxyl groups is 1. The molecule has 0 saturated carbocycles. The van der Waals surface area contributed by atoms with Crippen LogP contribution in [0.15, 0.2) is 35.5 Å². The largest absolute Gasteiger partial charge is 0.491 e. The second-order valence-corrected chi connectivity index (χ2v) is 9.24. The molecule has 160 valence electrons. The van der Waals surface area contributed by atoms with E-state index < -0.39 is 10.0 Å². The molecule has 0 bridgehead atoms. The average molecular weight is 423 g/mol. The standard InChI is InChI=1S/C20H30N4O4S/c1-16-22-20(15-23(16)2)29(26,27)21-13-17-6-8-24(9-7-17)14-18-4-3-5-19(12-18)28-11-10-25/h3-5,12,15,17,21,25H,6-11,13-14H2,1-2H3. The maximum absolute atomic E-state index is 12.4. The highest BCUT2D eigenvalue weighted by molar-refractivity contribution is 7.89. The quantitative estimate of drug-likeness (QED) is 0.632. The predicted molar refractivity (Wildman–Crippen MR) is 110 cm³/mol. The lowest BCUT2D eigenvalue weighted by atomic mass is 9.97. The molecule has 0 spiro atoms. The third-order valence-electron chi connectivity index (χ3n) is 5.30. The van der Waals surface area contributed by atoms with Crippen LogP contribution in [-0.4, -0.2) is 60.8 Å². The Morgan fingerprint density at radius 2 is 2.07 bits per heavy atom. The summed E-state index contributed by atoms with van der Waals surface area (Å²) in [6.45, 7) is 5.21. The Balaban J connectivity index is 1.46. The van der Waals surface area contributed by atoms with E-state index in [1.807, 2.05) is 18.2 Å². The molecule has 0 aliphatic carbocycles. The van der Waals surface area contributed by atoms with Gasteiger partial charge in [0.25, 0.3) is 10.0 Å². The number of imidazole rings is 1. The smallest absolute Gasteiger partial charge is 0.259 e. The molecule has 0 unspecified atom stereocenters. The van der Waals surface area contributed by atoms with Gasteiger partial charge in [-0.1, -0.05) is 12.1 Å². The van der Waals surface area contributed by atoms with Crippen LogP contribution >= 0.6 is 0 Å². The molecule has 1 fully saturated rings. The monoisotopic (exact) mass is 422 g/mol. The Morgan fingerprint density at radius 3 is 2.72 bits per heavy atom. The van der Waals surface area contributed by atoms with Crippen molar-refractivity contribution in [2.45, 2.75) is 31.3 Å². The highest BCUT2D eigenvalue weighted by atomic mass is 32.2. The van der Waals surface area contributed by atoms with Crippen LogP contribution in [0.2, 0.25) is 0 Å². The zero-order valence-electron chi connectivity index (χ0n) is 17.0. The maximum Gasteiger partial charge on any atom is 0.259 e. The van der Waals surface area contributed by atoms with Crippen molar-refractivity contribution in [3.05, 3.63) is 41.9 Å². The van der Waals surface area contributed by atoms with Gasteiger partial charge in [0.15, 0.2) is 5.03 Å². The fourth-order valence-electron chi connectivity index (χ4n) is 3.46. The van der Waals surface area contributed by atoms with E-state index in [9.17, 15) is 8.42 Å². The van der Waals surface area contributed by atoms with Gasteiger partial charge in [0.1, 0.15) is 18.2 Å². The van der Waals surface area contributed by atoms with E-state index >= 15 is 0 Å². The van der Waals surface area contributed by atoms with Crippen molar-refractivity contribution >= 4 is 10.0 Å². The van der Waals surface area contributed by atoms with E-state index in [1.54, 1.807) is 24.7 Å². The zero-order chi connectivity index (χ0) is 20.9. The van der Waals surface area contributed by atoms with Gasteiger partial charge < -0.3 is 14.4 Å². The molecular weight excluding hydrogens is 392 g/mol. The number of aryl methyl sites for hydroxylation is 2. The lowest BCUT2D eigenvalue weighted by molar-refractivity contribution is 0.178. The third-order valence-corrected chi connectivity index (χ3v) is 6.59. The summed E-state index contributed by atoms with van der Waals surface area (Å²) >= 11 is 0. The second-order valence-electron chi connectivity index (χ2n) is 7.53. The third kappa shape index (κ3) is 6.02. The number of hydrogen-bond acceptors (Lipinski definition) is 6. The SMILES string of the molecule is Cc1nc(S(=O)(=O)NCC2CCN(Cc3cccc(OCCO)c3)CC2)cn1C. The number of sulfonamides is 1. The second kappa shape index (κ2) is 9.71. The van der Waals surface area contributed by atoms with E-state index in [0.29, 0.717) is 24.9 Å². The number of piperidine rings is 1. The fourth-order valence-corrected chi connectivity index (χ4v) is 4.61. The molecular formula is C20H30N4O4S. The van der Waals surface area contributed by atoms with Gasteiger partial charge in [0, 0.05) is 26.3 Å². The van der Waals surface area contributed by atoms with Crippen molar-refractivity contribution in [1.82, 2.24) is 19.2 Å². The summed E-state index contributed by atoms with van der Waals surface area (Å²) in [5, 5.41) is 8.96. The maximum atomic E-state index is 12.4. The van der Waals surface area contributed by atoms with Crippen molar-refractivity contribution in [2.24, 2.45) is 13.0 Å². The summed E-state index contributed by atoms with van der Waals surface area (Å²) in [6, 6.07) is 7.93. The van der Waals surface area contributed by atoms with Crippen molar-refractivity contribution in [2.75, 3.05) is 32.8 Å². The molecule has 2 N–H and O–H groups in total. The number of benzene rings is 1. The lowest BCUT2D eigenvalue weighted by Crippen LogP contribution is -2.38. The van der Waals surface area contributed by atoms with Gasteiger partial charge in [-0.05, 0) is 56.5 Å². The Labute approximate surface area is 172 Å². The van der Waals surface area contributed by atoms with E-state index in [-0.39, 0.29) is 11.6 Å². The first-order chi connectivity index (χ1) is 13.9. The highest BCUT2D eigenvalue weighted by Gasteiger charge is 2.23. The van der Waals surface area contributed by atoms with Gasteiger partial charge in [0.05, 0.1) is 6.61 Å². The number of nitrogens with one attached hydrogen (secondary N) is 1. The number of aliphatic hydroxyl groups excluding tert-OH is 1. The van der Waals surface area contributed by atoms with Crippen molar-refractivity contribution in [1.29, 1.82) is 0 Å². The Hall–Kier alpha value is -1.94. The Kier molecular flexibility index (Phi) is 7.28. The summed E-state index contributed by atoms with van der Waals surface area (Å²) in [7, 11) is -1.78. The molecule has 3 rings (SSSR count). The first-order valence-electron chi connectivity index (χ1n) is 9.92. The van der Waals surface area contributed by atoms with Crippen molar-refractivity contribution in [3.63, 3.8) is 0 Å². The molecule has 8 nitrogen and oxygen atoms in total. The molecule has 1 saturated heterocycles. The summed E-state index contributed by atoms with van der Waals surface area (Å²) in [5.74, 6) is 1.76. The minimum absolute atomic E-state index is 0.00143. The normalized spacial score (nSPS) is 16.2. The number of rotatable bonds is 9. The van der Waals surface area contributed by atoms with Crippen molar-refractivity contribution < 1.29 is 18.3 Å². The van der Waals surface area contributed by atoms with Gasteiger partial charge in [-0.25, -0.2) is 18.1 Å². The number of aromatic nitrogens is 2. The first kappa shape index (κ1) is 21.8. The molecule has 1 aliphatic rings. The predicted octanol–water partition coefficient (Wildman–Crippen LogP) is 1.29. The Morgan fingerprint density at radius 1 is 1.31 bits per heavy atom. The van der Waals surface area contributed by atoms with Gasteiger partial charge in [-0.3, -0.25) is 4.90 Å². The molecule has 0 radical (unpaired) electrons. The van der Waals surface area contributed by atoms with Gasteiger partial charge in [-0.15, -0.1) is 0 Å². The molecule has 2 heterocycles. The minimum Gasteiger partial charge on any atom is -0.491 e. The van der Waals surface area contributed by atoms with Gasteiger partial charge in [-0.2, -0.15) is 0 Å².